The average Bonchev–Trinajstić information content (AvgIpc) is 1.69. The monoisotopic (exact) mass is 1600 g/mol. The van der Waals surface area contributed by atoms with Crippen LogP contribution in [-0.2, 0) is 66.2 Å². The number of carbonyl (C=O) groups excluding carboxylic acids is 3. The number of hydrogen-bond acceptors (Lipinski definition) is 26. The second-order valence-corrected chi connectivity index (χ2v) is 26.7. The van der Waals surface area contributed by atoms with Gasteiger partial charge in [-0.1, -0.05) is 0 Å². The lowest BCUT2D eigenvalue weighted by Crippen LogP contribution is -2.34. The smallest absolute Gasteiger partial charge is 0.307 e. The van der Waals surface area contributed by atoms with E-state index in [1.54, 1.807) is 113 Å². The molecule has 0 saturated carbocycles. The van der Waals surface area contributed by atoms with E-state index in [0.29, 0.717) is 99.1 Å². The van der Waals surface area contributed by atoms with Gasteiger partial charge in [-0.25, -0.2) is 51.8 Å². The Balaban J connectivity index is 0.000000146. The number of hydrogen-bond donors (Lipinski definition) is 7. The first-order valence-electron chi connectivity index (χ1n) is 36.1. The fraction of sp³-hybridized carbons (Fsp3) is 0.329. The summed E-state index contributed by atoms with van der Waals surface area (Å²) in [6.07, 6.45) is 9.06. The average molecular weight is 1610 g/mol. The van der Waals surface area contributed by atoms with E-state index in [1.165, 1.54) is 63.8 Å². The molecule has 0 saturated heterocycles. The number of ether oxygens (including phenoxy) is 4. The zero-order valence-corrected chi connectivity index (χ0v) is 66.1. The molecule has 4 aliphatic rings. The van der Waals surface area contributed by atoms with Crippen LogP contribution in [-0.4, -0.2) is 182 Å². The van der Waals surface area contributed by atoms with Crippen molar-refractivity contribution in [3.63, 3.8) is 0 Å². The Hall–Kier alpha value is -13.3. The molecule has 0 atom stereocenters. The predicted octanol–water partition coefficient (Wildman–Crippen LogP) is 10.2. The number of methoxy groups -OCH3 is 4. The van der Waals surface area contributed by atoms with Gasteiger partial charge in [-0.2, -0.15) is 34.8 Å². The van der Waals surface area contributed by atoms with Crippen LogP contribution in [0.5, 0.6) is 23.0 Å². The van der Waals surface area contributed by atoms with Crippen LogP contribution < -0.4 is 56.6 Å². The molecule has 0 spiro atoms. The normalized spacial score (nSPS) is 13.0. The highest BCUT2D eigenvalue weighted by atomic mass is 35.5. The number of anilines is 8. The van der Waals surface area contributed by atoms with Crippen molar-refractivity contribution in [2.24, 2.45) is 0 Å². The molecule has 11 heterocycles. The molecule has 0 unspecified atom stereocenters. The zero-order valence-electron chi connectivity index (χ0n) is 65.3. The van der Waals surface area contributed by atoms with E-state index in [0.717, 1.165) is 87.8 Å². The Labute approximate surface area is 662 Å². The number of amides is 3. The van der Waals surface area contributed by atoms with Gasteiger partial charge < -0.3 is 71.3 Å². The number of nitrogens with zero attached hydrogens (tertiary/aromatic N) is 18. The van der Waals surface area contributed by atoms with Crippen LogP contribution in [0.2, 0.25) is 5.28 Å². The lowest BCUT2D eigenvalue weighted by molar-refractivity contribution is -0.387. The van der Waals surface area contributed by atoms with Gasteiger partial charge in [0.05, 0.1) is 98.0 Å². The number of carbonyl (C=O) groups is 3. The molecular formula is C76H86ClF4N25O9. The van der Waals surface area contributed by atoms with Crippen LogP contribution in [0.3, 0.4) is 0 Å². The molecule has 0 bridgehead atoms. The van der Waals surface area contributed by atoms with Crippen LogP contribution in [0.25, 0.3) is 22.7 Å². The maximum atomic E-state index is 15.7. The number of aryl methyl sites for hydroxylation is 3. The summed E-state index contributed by atoms with van der Waals surface area (Å²) < 4.78 is 87.6. The topological polar surface area (TPSA) is 388 Å². The Bertz CT molecular complexity index is 5430. The minimum Gasteiger partial charge on any atom is -0.494 e. The zero-order chi connectivity index (χ0) is 82.6. The van der Waals surface area contributed by atoms with Gasteiger partial charge in [0.15, 0.2) is 17.5 Å². The highest BCUT2D eigenvalue weighted by molar-refractivity contribution is 6.28. The molecule has 39 heteroatoms. The van der Waals surface area contributed by atoms with Crippen LogP contribution in [0.1, 0.15) is 82.9 Å². The van der Waals surface area contributed by atoms with E-state index >= 15 is 8.78 Å². The Kier molecular flexibility index (Phi) is 26.2. The number of nitrogens with two attached hydrogens (primary N) is 1. The van der Waals surface area contributed by atoms with Crippen molar-refractivity contribution in [2.45, 2.75) is 93.4 Å². The number of aromatic nitrogens is 14. The first-order chi connectivity index (χ1) is 55.2. The van der Waals surface area contributed by atoms with Gasteiger partial charge in [0, 0.05) is 184 Å². The third-order valence-electron chi connectivity index (χ3n) is 19.0. The minimum absolute atomic E-state index is 0.00690. The molecule has 0 fully saturated rings. The molecule has 604 valence electrons. The lowest BCUT2D eigenvalue weighted by atomic mass is 10.1. The molecule has 15 rings (SSSR count). The summed E-state index contributed by atoms with van der Waals surface area (Å²) in [7, 11) is 11.2. The third-order valence-corrected chi connectivity index (χ3v) is 19.2. The van der Waals surface area contributed by atoms with Crippen LogP contribution in [0.4, 0.5) is 69.7 Å². The van der Waals surface area contributed by atoms with Crippen LogP contribution >= 0.6 is 11.6 Å². The highest BCUT2D eigenvalue weighted by Gasteiger charge is 2.32. The Morgan fingerprint density at radius 1 is 0.487 bits per heavy atom. The summed E-state index contributed by atoms with van der Waals surface area (Å²) >= 11 is 5.57. The van der Waals surface area contributed by atoms with E-state index in [1.807, 2.05) is 32.9 Å². The fourth-order valence-electron chi connectivity index (χ4n) is 13.2. The van der Waals surface area contributed by atoms with Gasteiger partial charge in [0.25, 0.3) is 0 Å². The summed E-state index contributed by atoms with van der Waals surface area (Å²) in [5.41, 5.74) is 15.6. The fourth-order valence-corrected chi connectivity index (χ4v) is 13.4. The number of nitro groups is 1. The first-order valence-corrected chi connectivity index (χ1v) is 36.5. The van der Waals surface area contributed by atoms with Crippen LogP contribution in [0, 0.1) is 54.2 Å². The van der Waals surface area contributed by atoms with E-state index < -0.39 is 33.9 Å². The summed E-state index contributed by atoms with van der Waals surface area (Å²) in [6, 6.07) is 17.5. The quantitative estimate of drug-likeness (QED) is 0.0155. The first kappa shape index (κ1) is 82.7. The standard InChI is InChI=1S/C21H24FN7O2.C19H22FN7O.C15H15FN4O4.C15H17FN4O2.C6H8ClN3/c1-12-9-18(23-3)27-21(25-12)26-15-5-6-17(31-4)20(19(15)22)29-16-7-8-28(13(2)30)11-14(16)10-24-29;1-11-8-16(21-2)26-19(24-11)25-13-4-5-15(28-3)18(17(13)20)27-14-6-7-22-9-12(14)10-23-27;1-9(21)18-6-5-11-10(8-18)7-17-19(11)15-13(24-2)4-3-12(14(15)16)20(22)23;1-9(21)19-6-5-12-10(8-19)7-18-20(12)15-13(22-2)4-3-11(17)14(15)16;1-4-3-5(8-2)10-6(7)9-4/h5-6,9-10H,7-8,11H2,1-4H3,(H2,23,25,26,27);4-5,8,10,22H,6-7,9H2,1-3H3,(H2,21,24,25,26);3-4,7H,5-6,8H2,1-2H3;3-4,7H,5-6,8,17H2,1-2H3;3H,1-2H3,(H,8,9,10). The van der Waals surface area contributed by atoms with Gasteiger partial charge >= 0.3 is 5.69 Å². The van der Waals surface area contributed by atoms with Crippen molar-refractivity contribution in [3.8, 4) is 45.7 Å². The SMILES string of the molecule is CNc1cc(C)nc(Cl)n1.CNc1cc(C)nc(Nc2ccc(OC)c(-n3ncc4c3CCN(C(C)=O)C4)c2F)n1.CNc1cc(C)nc(Nc2ccc(OC)c(-n3ncc4c3CCNC4)c2F)n1.COc1ccc(N)c(F)c1-n1ncc2c1CCN(C(C)=O)C2.COc1ccc([N+](=O)[O-])c(F)c1-n1ncc2c1CCN(C(C)=O)C2. The van der Waals surface area contributed by atoms with Gasteiger partial charge in [-0.3, -0.25) is 24.5 Å². The lowest BCUT2D eigenvalue weighted by Gasteiger charge is -2.26. The number of nitrogens with one attached hydrogen (secondary N) is 6. The predicted molar refractivity (Wildman–Crippen MR) is 422 cm³/mol. The number of benzene rings is 4. The molecule has 8 N–H and O–H groups in total. The van der Waals surface area contributed by atoms with Crippen molar-refractivity contribution in [2.75, 3.05) is 108 Å². The van der Waals surface area contributed by atoms with Crippen molar-refractivity contribution >= 4 is 81.4 Å². The number of fused-ring (bicyclic) bond motifs is 4. The second kappa shape index (κ2) is 36.5. The van der Waals surface area contributed by atoms with Gasteiger partial charge in [0.1, 0.15) is 63.2 Å². The Morgan fingerprint density at radius 3 is 1.21 bits per heavy atom. The maximum absolute atomic E-state index is 15.7. The number of halogens is 5. The summed E-state index contributed by atoms with van der Waals surface area (Å²) in [5.74, 6) is 1.31. The van der Waals surface area contributed by atoms with Crippen molar-refractivity contribution < 1.29 is 55.8 Å². The molecule has 34 nitrogen and oxygen atoms in total. The summed E-state index contributed by atoms with van der Waals surface area (Å²) in [6.45, 7) is 14.6. The number of nitro benzene ring substituents is 1. The Morgan fingerprint density at radius 2 is 0.835 bits per heavy atom. The molecule has 4 aromatic carbocycles. The van der Waals surface area contributed by atoms with E-state index in [9.17, 15) is 33.3 Å². The van der Waals surface area contributed by atoms with Gasteiger partial charge in [-0.05, 0) is 74.8 Å². The number of nitrogen functional groups attached to an aromatic ring is 1. The minimum atomic E-state index is -1.00. The third kappa shape index (κ3) is 18.4. The maximum Gasteiger partial charge on any atom is 0.307 e. The molecule has 4 aliphatic heterocycles. The molecule has 7 aromatic heterocycles. The largest absolute Gasteiger partial charge is 0.494 e. The molecule has 0 radical (unpaired) electrons. The molecule has 0 aliphatic carbocycles. The molecule has 3 amide bonds. The van der Waals surface area contributed by atoms with Crippen molar-refractivity contribution in [1.29, 1.82) is 0 Å². The van der Waals surface area contributed by atoms with E-state index in [4.69, 9.17) is 36.3 Å². The van der Waals surface area contributed by atoms with Crippen molar-refractivity contribution in [3.05, 3.63) is 192 Å². The second-order valence-electron chi connectivity index (χ2n) is 26.4. The number of rotatable bonds is 16. The highest BCUT2D eigenvalue weighted by Crippen LogP contribution is 2.39. The molecule has 11 aromatic rings. The summed E-state index contributed by atoms with van der Waals surface area (Å²) in [4.78, 5) is 75.2. The van der Waals surface area contributed by atoms with E-state index in [-0.39, 0.29) is 74.5 Å². The van der Waals surface area contributed by atoms with Crippen LogP contribution in [0.15, 0.2) is 91.5 Å². The summed E-state index contributed by atoms with van der Waals surface area (Å²) in [5, 5.41) is 46.6. The van der Waals surface area contributed by atoms with E-state index in [2.05, 4.69) is 82.2 Å². The van der Waals surface area contributed by atoms with Gasteiger partial charge in [-0.15, -0.1) is 0 Å². The molecular weight excluding hydrogens is 1520 g/mol. The molecule has 115 heavy (non-hydrogen) atoms. The van der Waals surface area contributed by atoms with Crippen molar-refractivity contribution in [1.82, 2.24) is 89.0 Å². The van der Waals surface area contributed by atoms with Gasteiger partial charge in [0.2, 0.25) is 40.7 Å².